The molecule has 1 aromatic carbocycles. The van der Waals surface area contributed by atoms with Gasteiger partial charge in [0.05, 0.1) is 23.6 Å². The molecule has 2 heterocycles. The Morgan fingerprint density at radius 2 is 2.13 bits per heavy atom. The Kier molecular flexibility index (Phi) is 5.90. The molecule has 8 heteroatoms. The summed E-state index contributed by atoms with van der Waals surface area (Å²) in [5.74, 6) is -0.632. The van der Waals surface area contributed by atoms with E-state index in [-0.39, 0.29) is 24.5 Å². The fraction of sp³-hybridized carbons (Fsp3) is 0.545. The van der Waals surface area contributed by atoms with Crippen LogP contribution in [-0.4, -0.2) is 50.3 Å². The average Bonchev–Trinajstić information content (AvgIpc) is 3.55. The highest BCUT2D eigenvalue weighted by Crippen LogP contribution is 2.56. The number of amides is 1. The molecular weight excluding hydrogens is 406 g/mol. The van der Waals surface area contributed by atoms with Crippen LogP contribution in [-0.2, 0) is 32.1 Å². The fourth-order valence-electron chi connectivity index (χ4n) is 4.77. The summed E-state index contributed by atoms with van der Waals surface area (Å²) in [4.78, 5) is 24.9. The van der Waals surface area contributed by atoms with E-state index in [1.165, 1.54) is 0 Å². The number of halogens is 1. The molecule has 2 bridgehead atoms. The first-order chi connectivity index (χ1) is 14.4. The molecule has 4 rings (SSSR count). The van der Waals surface area contributed by atoms with Crippen molar-refractivity contribution in [1.29, 1.82) is 0 Å². The first-order valence-electron chi connectivity index (χ1n) is 10.3. The fourth-order valence-corrected chi connectivity index (χ4v) is 4.94. The number of hydrogen-bond acceptors (Lipinski definition) is 6. The van der Waals surface area contributed by atoms with E-state index in [9.17, 15) is 9.59 Å². The minimum Gasteiger partial charge on any atom is -0.457 e. The van der Waals surface area contributed by atoms with Gasteiger partial charge in [-0.05, 0) is 37.3 Å². The minimum atomic E-state index is -0.527. The van der Waals surface area contributed by atoms with Crippen LogP contribution in [0.25, 0.3) is 0 Å². The molecule has 2 atom stereocenters. The van der Waals surface area contributed by atoms with E-state index in [0.29, 0.717) is 36.7 Å². The highest BCUT2D eigenvalue weighted by molar-refractivity contribution is 6.31. The summed E-state index contributed by atoms with van der Waals surface area (Å²) in [5, 5.41) is 7.49. The van der Waals surface area contributed by atoms with Gasteiger partial charge in [0.1, 0.15) is 6.61 Å². The maximum absolute atomic E-state index is 12.8. The summed E-state index contributed by atoms with van der Waals surface area (Å²) in [6.07, 6.45) is 4.83. The second-order valence-corrected chi connectivity index (χ2v) is 8.87. The van der Waals surface area contributed by atoms with Gasteiger partial charge in [-0.1, -0.05) is 29.8 Å². The number of carbonyl (C=O) groups excluding carboxylic acids is 2. The molecule has 2 unspecified atom stereocenters. The van der Waals surface area contributed by atoms with E-state index in [1.54, 1.807) is 7.11 Å². The zero-order valence-corrected chi connectivity index (χ0v) is 17.9. The summed E-state index contributed by atoms with van der Waals surface area (Å²) < 4.78 is 10.7. The first kappa shape index (κ1) is 21.3. The number of primary amides is 1. The topological polar surface area (TPSA) is 103 Å². The molecule has 1 aromatic rings. The van der Waals surface area contributed by atoms with E-state index in [4.69, 9.17) is 26.8 Å². The van der Waals surface area contributed by atoms with Crippen molar-refractivity contribution in [3.63, 3.8) is 0 Å². The maximum Gasteiger partial charge on any atom is 0.335 e. The van der Waals surface area contributed by atoms with Gasteiger partial charge in [-0.15, -0.1) is 0 Å². The molecule has 4 N–H and O–H groups in total. The maximum atomic E-state index is 12.8. The summed E-state index contributed by atoms with van der Waals surface area (Å²) in [7, 11) is 1.66. The molecule has 3 aliphatic rings. The molecular formula is C22H28ClN3O4. The lowest BCUT2D eigenvalue weighted by atomic mass is 9.72. The van der Waals surface area contributed by atoms with Crippen LogP contribution >= 0.6 is 11.6 Å². The monoisotopic (exact) mass is 433 g/mol. The van der Waals surface area contributed by atoms with Crippen molar-refractivity contribution in [1.82, 2.24) is 10.6 Å². The number of methoxy groups -OCH3 is 1. The van der Waals surface area contributed by atoms with Crippen molar-refractivity contribution >= 4 is 23.5 Å². The highest BCUT2D eigenvalue weighted by atomic mass is 35.5. The van der Waals surface area contributed by atoms with Crippen LogP contribution in [0.4, 0.5) is 0 Å². The molecule has 0 spiro atoms. The number of nitrogens with one attached hydrogen (secondary N) is 2. The molecule has 30 heavy (non-hydrogen) atoms. The van der Waals surface area contributed by atoms with Crippen molar-refractivity contribution in [2.24, 2.45) is 11.1 Å². The Morgan fingerprint density at radius 3 is 2.83 bits per heavy atom. The van der Waals surface area contributed by atoms with Crippen LogP contribution < -0.4 is 16.4 Å². The summed E-state index contributed by atoms with van der Waals surface area (Å²) in [6, 6.07) is 5.49. The number of nitrogens with two attached hydrogens (primary N) is 1. The van der Waals surface area contributed by atoms with Crippen LogP contribution in [0, 0.1) is 5.41 Å². The number of fused-ring (bicyclic) bond motifs is 2. The second kappa shape index (κ2) is 8.30. The quantitative estimate of drug-likeness (QED) is 0.536. The molecule has 7 nitrogen and oxygen atoms in total. The Labute approximate surface area is 181 Å². The lowest BCUT2D eigenvalue weighted by Crippen LogP contribution is -2.71. The molecule has 1 amide bonds. The highest BCUT2D eigenvalue weighted by Gasteiger charge is 2.65. The number of rotatable bonds is 8. The number of carbonyl (C=O) groups is 2. The second-order valence-electron chi connectivity index (χ2n) is 8.46. The number of esters is 1. The lowest BCUT2D eigenvalue weighted by Gasteiger charge is -2.49. The van der Waals surface area contributed by atoms with Crippen molar-refractivity contribution in [2.45, 2.75) is 43.9 Å². The summed E-state index contributed by atoms with van der Waals surface area (Å²) in [5.41, 5.74) is 7.20. The Hall–Kier alpha value is -1.93. The molecule has 2 fully saturated rings. The predicted molar refractivity (Wildman–Crippen MR) is 113 cm³/mol. The van der Waals surface area contributed by atoms with Gasteiger partial charge < -0.3 is 25.8 Å². The molecule has 1 saturated heterocycles. The molecule has 0 radical (unpaired) electrons. The molecule has 1 aliphatic carbocycles. The van der Waals surface area contributed by atoms with Crippen molar-refractivity contribution in [2.75, 3.05) is 26.8 Å². The van der Waals surface area contributed by atoms with Crippen LogP contribution in [0.15, 0.2) is 29.8 Å². The number of piperazine rings is 1. The van der Waals surface area contributed by atoms with Gasteiger partial charge in [0, 0.05) is 36.3 Å². The average molecular weight is 434 g/mol. The van der Waals surface area contributed by atoms with E-state index < -0.39 is 11.0 Å². The smallest absolute Gasteiger partial charge is 0.335 e. The van der Waals surface area contributed by atoms with Crippen LogP contribution in [0.1, 0.15) is 30.4 Å². The van der Waals surface area contributed by atoms with Crippen LogP contribution in [0.3, 0.4) is 0 Å². The number of benzene rings is 1. The van der Waals surface area contributed by atoms with Gasteiger partial charge in [0.15, 0.2) is 0 Å². The Bertz CT molecular complexity index is 883. The molecule has 1 saturated carbocycles. The lowest BCUT2D eigenvalue weighted by molar-refractivity contribution is -0.141. The van der Waals surface area contributed by atoms with Crippen molar-refractivity contribution in [3.05, 3.63) is 46.0 Å². The third-order valence-corrected chi connectivity index (χ3v) is 7.08. The zero-order chi connectivity index (χ0) is 21.4. The van der Waals surface area contributed by atoms with Crippen LogP contribution in [0.2, 0.25) is 5.02 Å². The number of ether oxygens (including phenoxy) is 2. The Balaban J connectivity index is 1.44. The van der Waals surface area contributed by atoms with Gasteiger partial charge in [-0.3, -0.25) is 4.79 Å². The van der Waals surface area contributed by atoms with Crippen molar-refractivity contribution in [3.8, 4) is 0 Å². The third kappa shape index (κ3) is 3.75. The van der Waals surface area contributed by atoms with Gasteiger partial charge in [-0.25, -0.2) is 4.79 Å². The van der Waals surface area contributed by atoms with Gasteiger partial charge in [0.2, 0.25) is 5.91 Å². The van der Waals surface area contributed by atoms with E-state index in [1.807, 2.05) is 24.3 Å². The van der Waals surface area contributed by atoms with Crippen molar-refractivity contribution < 1.29 is 19.1 Å². The number of hydrogen-bond donors (Lipinski definition) is 3. The van der Waals surface area contributed by atoms with E-state index >= 15 is 0 Å². The SMILES string of the molecule is COCCc1ccc(Cl)c(COC(=O)C2=CCC3(C4(C(N)=O)CC4)CNCC2N3)c1. The largest absolute Gasteiger partial charge is 0.457 e. The minimum absolute atomic E-state index is 0.104. The summed E-state index contributed by atoms with van der Waals surface area (Å²) in [6.45, 7) is 1.98. The third-order valence-electron chi connectivity index (χ3n) is 6.71. The first-order valence-corrected chi connectivity index (χ1v) is 10.7. The van der Waals surface area contributed by atoms with Gasteiger partial charge in [-0.2, -0.15) is 0 Å². The van der Waals surface area contributed by atoms with E-state index in [2.05, 4.69) is 10.6 Å². The van der Waals surface area contributed by atoms with Gasteiger partial charge >= 0.3 is 5.97 Å². The Morgan fingerprint density at radius 1 is 1.33 bits per heavy atom. The van der Waals surface area contributed by atoms with Crippen LogP contribution in [0.5, 0.6) is 0 Å². The molecule has 2 aliphatic heterocycles. The summed E-state index contributed by atoms with van der Waals surface area (Å²) >= 11 is 6.29. The zero-order valence-electron chi connectivity index (χ0n) is 17.1. The van der Waals surface area contributed by atoms with Gasteiger partial charge in [0.25, 0.3) is 0 Å². The molecule has 162 valence electrons. The predicted octanol–water partition coefficient (Wildman–Crippen LogP) is 1.47. The van der Waals surface area contributed by atoms with E-state index in [0.717, 1.165) is 30.4 Å². The standard InChI is InChI=1S/C22H28ClN3O4/c1-29-9-5-14-2-3-17(23)15(10-14)12-30-19(27)16-4-6-22(13-25-11-18(16)26-22)21(7-8-21)20(24)28/h2-4,10,18,25-26H,5-9,11-13H2,1H3,(H2,24,28). The molecule has 0 aromatic heterocycles. The normalized spacial score (nSPS) is 26.6.